The van der Waals surface area contributed by atoms with Gasteiger partial charge in [0.2, 0.25) is 0 Å². The molecule has 5 nitrogen and oxygen atoms in total. The van der Waals surface area contributed by atoms with E-state index in [-0.39, 0.29) is 12.2 Å². The Hall–Kier alpha value is -2.79. The molecular formula is C18H14ClN3O2. The van der Waals surface area contributed by atoms with Gasteiger partial charge >= 0.3 is 0 Å². The van der Waals surface area contributed by atoms with Gasteiger partial charge in [0.25, 0.3) is 0 Å². The molecule has 2 heterocycles. The van der Waals surface area contributed by atoms with Crippen LogP contribution in [0.3, 0.4) is 0 Å². The molecule has 0 bridgehead atoms. The number of nitrogens with zero attached hydrogens (tertiary/aromatic N) is 3. The Kier molecular flexibility index (Phi) is 4.82. The Morgan fingerprint density at radius 1 is 1.00 bits per heavy atom. The van der Waals surface area contributed by atoms with E-state index < -0.39 is 0 Å². The topological polar surface area (TPSA) is 65.0 Å². The summed E-state index contributed by atoms with van der Waals surface area (Å²) in [5.41, 5.74) is 2.36. The monoisotopic (exact) mass is 339 g/mol. The summed E-state index contributed by atoms with van der Waals surface area (Å²) in [5.74, 6) is 0.878. The lowest BCUT2D eigenvalue weighted by atomic mass is 10.0. The Morgan fingerprint density at radius 3 is 2.54 bits per heavy atom. The van der Waals surface area contributed by atoms with Gasteiger partial charge in [-0.15, -0.1) is 0 Å². The number of ether oxygens (including phenoxy) is 1. The van der Waals surface area contributed by atoms with Gasteiger partial charge in [-0.05, 0) is 36.2 Å². The maximum atomic E-state index is 12.5. The molecule has 6 heteroatoms. The van der Waals surface area contributed by atoms with Crippen LogP contribution in [-0.4, -0.2) is 20.7 Å². The number of hydrogen-bond acceptors (Lipinski definition) is 5. The Morgan fingerprint density at radius 2 is 1.79 bits per heavy atom. The van der Waals surface area contributed by atoms with Crippen molar-refractivity contribution in [2.75, 3.05) is 0 Å². The molecule has 3 aromatic rings. The molecule has 0 spiro atoms. The molecule has 3 rings (SSSR count). The first-order chi connectivity index (χ1) is 11.6. The van der Waals surface area contributed by atoms with Gasteiger partial charge in [0.1, 0.15) is 12.1 Å². The number of aromatic nitrogens is 3. The summed E-state index contributed by atoms with van der Waals surface area (Å²) in [5, 5.41) is 0.426. The summed E-state index contributed by atoms with van der Waals surface area (Å²) in [4.78, 5) is 24.4. The summed E-state index contributed by atoms with van der Waals surface area (Å²) in [6.07, 6.45) is 8.18. The summed E-state index contributed by atoms with van der Waals surface area (Å²) >= 11 is 6.11. The zero-order valence-corrected chi connectivity index (χ0v) is 13.7. The fourth-order valence-corrected chi connectivity index (χ4v) is 2.48. The van der Waals surface area contributed by atoms with Crippen molar-refractivity contribution >= 4 is 17.4 Å². The number of carbonyl (C=O) groups excluding carboxylic acids is 1. The molecule has 1 aromatic carbocycles. The highest BCUT2D eigenvalue weighted by atomic mass is 35.5. The van der Waals surface area contributed by atoms with E-state index in [9.17, 15) is 4.79 Å². The minimum absolute atomic E-state index is 0.0564. The van der Waals surface area contributed by atoms with Crippen LogP contribution in [0.15, 0.2) is 55.4 Å². The first-order valence-electron chi connectivity index (χ1n) is 7.27. The molecule has 0 saturated carbocycles. The van der Waals surface area contributed by atoms with Crippen molar-refractivity contribution in [3.63, 3.8) is 0 Å². The molecule has 2 aromatic heterocycles. The van der Waals surface area contributed by atoms with E-state index in [1.54, 1.807) is 30.6 Å². The summed E-state index contributed by atoms with van der Waals surface area (Å²) < 4.78 is 5.65. The molecule has 0 atom stereocenters. The van der Waals surface area contributed by atoms with E-state index in [1.807, 2.05) is 13.0 Å². The van der Waals surface area contributed by atoms with Crippen molar-refractivity contribution in [3.05, 3.63) is 77.1 Å². The van der Waals surface area contributed by atoms with Gasteiger partial charge in [-0.3, -0.25) is 9.78 Å². The third-order valence-electron chi connectivity index (χ3n) is 3.26. The maximum absolute atomic E-state index is 12.5. The second-order valence-electron chi connectivity index (χ2n) is 5.32. The lowest BCUT2D eigenvalue weighted by Crippen LogP contribution is -2.04. The number of rotatable bonds is 5. The Balaban J connectivity index is 1.81. The third kappa shape index (κ3) is 4.14. The predicted molar refractivity (Wildman–Crippen MR) is 90.6 cm³/mol. The van der Waals surface area contributed by atoms with Crippen LogP contribution in [0.5, 0.6) is 11.5 Å². The van der Waals surface area contributed by atoms with Crippen molar-refractivity contribution < 1.29 is 9.53 Å². The van der Waals surface area contributed by atoms with E-state index in [4.69, 9.17) is 16.3 Å². The summed E-state index contributed by atoms with van der Waals surface area (Å²) in [6.45, 7) is 1.94. The fraction of sp³-hybridized carbons (Fsp3) is 0.111. The van der Waals surface area contributed by atoms with Crippen molar-refractivity contribution in [3.8, 4) is 11.5 Å². The number of halogens is 1. The van der Waals surface area contributed by atoms with Crippen molar-refractivity contribution in [1.82, 2.24) is 15.0 Å². The lowest BCUT2D eigenvalue weighted by molar-refractivity contribution is 0.0992. The van der Waals surface area contributed by atoms with Crippen LogP contribution in [0.2, 0.25) is 5.02 Å². The molecule has 0 amide bonds. The van der Waals surface area contributed by atoms with Crippen molar-refractivity contribution in [2.45, 2.75) is 13.3 Å². The second kappa shape index (κ2) is 7.19. The molecule has 0 unspecified atom stereocenters. The van der Waals surface area contributed by atoms with Crippen LogP contribution >= 0.6 is 11.6 Å². The normalized spacial score (nSPS) is 10.4. The number of benzene rings is 1. The third-order valence-corrected chi connectivity index (χ3v) is 3.48. The van der Waals surface area contributed by atoms with Crippen LogP contribution in [0.1, 0.15) is 21.5 Å². The van der Waals surface area contributed by atoms with Crippen LogP contribution in [0.25, 0.3) is 0 Å². The minimum atomic E-state index is -0.0564. The average molecular weight is 340 g/mol. The molecule has 120 valence electrons. The van der Waals surface area contributed by atoms with E-state index in [0.29, 0.717) is 22.1 Å². The fourth-order valence-electron chi connectivity index (χ4n) is 2.26. The zero-order valence-electron chi connectivity index (χ0n) is 12.9. The lowest BCUT2D eigenvalue weighted by Gasteiger charge is -2.08. The SMILES string of the molecule is Cc1cncc(CC(=O)c2cc(Cl)cc(Oc3cncnc3)c2)c1. The van der Waals surface area contributed by atoms with Gasteiger partial charge in [-0.1, -0.05) is 17.7 Å². The Labute approximate surface area is 144 Å². The van der Waals surface area contributed by atoms with E-state index in [0.717, 1.165) is 11.1 Å². The maximum Gasteiger partial charge on any atom is 0.167 e. The standard InChI is InChI=1S/C18H14ClN3O2/c1-12-2-13(8-20-7-12)3-18(23)14-4-15(19)6-16(5-14)24-17-9-21-11-22-10-17/h2,4-11H,3H2,1H3. The van der Waals surface area contributed by atoms with Crippen molar-refractivity contribution in [1.29, 1.82) is 0 Å². The highest BCUT2D eigenvalue weighted by molar-refractivity contribution is 6.31. The second-order valence-corrected chi connectivity index (χ2v) is 5.76. The van der Waals surface area contributed by atoms with E-state index in [1.165, 1.54) is 18.7 Å². The van der Waals surface area contributed by atoms with Gasteiger partial charge in [0, 0.05) is 29.4 Å². The molecular weight excluding hydrogens is 326 g/mol. The smallest absolute Gasteiger partial charge is 0.167 e. The average Bonchev–Trinajstić information content (AvgIpc) is 2.55. The molecule has 0 fully saturated rings. The van der Waals surface area contributed by atoms with Crippen LogP contribution in [0, 0.1) is 6.92 Å². The van der Waals surface area contributed by atoms with Gasteiger partial charge < -0.3 is 4.74 Å². The predicted octanol–water partition coefficient (Wildman–Crippen LogP) is 4.05. The molecule has 0 aliphatic heterocycles. The van der Waals surface area contributed by atoms with Crippen LogP contribution in [-0.2, 0) is 6.42 Å². The number of pyridine rings is 1. The van der Waals surface area contributed by atoms with Gasteiger partial charge in [-0.2, -0.15) is 0 Å². The molecule has 0 N–H and O–H groups in total. The number of ketones is 1. The number of carbonyl (C=O) groups is 1. The molecule has 0 saturated heterocycles. The van der Waals surface area contributed by atoms with E-state index in [2.05, 4.69) is 15.0 Å². The largest absolute Gasteiger partial charge is 0.454 e. The number of aryl methyl sites for hydroxylation is 1. The first kappa shape index (κ1) is 16.1. The van der Waals surface area contributed by atoms with Gasteiger partial charge in [0.15, 0.2) is 11.5 Å². The highest BCUT2D eigenvalue weighted by Gasteiger charge is 2.11. The summed E-state index contributed by atoms with van der Waals surface area (Å²) in [6, 6.07) is 6.86. The van der Waals surface area contributed by atoms with Crippen LogP contribution in [0.4, 0.5) is 0 Å². The Bertz CT molecular complexity index is 869. The van der Waals surface area contributed by atoms with Crippen LogP contribution < -0.4 is 4.74 Å². The highest BCUT2D eigenvalue weighted by Crippen LogP contribution is 2.26. The first-order valence-corrected chi connectivity index (χ1v) is 7.65. The molecule has 0 aliphatic carbocycles. The quantitative estimate of drug-likeness (QED) is 0.656. The zero-order chi connectivity index (χ0) is 16.9. The van der Waals surface area contributed by atoms with E-state index >= 15 is 0 Å². The molecule has 0 aliphatic rings. The van der Waals surface area contributed by atoms with Gasteiger partial charge in [-0.25, -0.2) is 9.97 Å². The van der Waals surface area contributed by atoms with Crippen molar-refractivity contribution in [2.24, 2.45) is 0 Å². The number of hydrogen-bond donors (Lipinski definition) is 0. The molecule has 24 heavy (non-hydrogen) atoms. The van der Waals surface area contributed by atoms with Gasteiger partial charge in [0.05, 0.1) is 12.4 Å². The summed E-state index contributed by atoms with van der Waals surface area (Å²) in [7, 11) is 0. The molecule has 0 radical (unpaired) electrons. The number of Topliss-reactive ketones (excluding diaryl/α,β-unsaturated/α-hetero) is 1. The minimum Gasteiger partial charge on any atom is -0.454 e.